The molecule has 16 nitrogen and oxygen atoms in total. The van der Waals surface area contributed by atoms with Crippen molar-refractivity contribution in [2.75, 3.05) is 61.1 Å². The molecule has 0 saturated heterocycles. The molecule has 0 heterocycles. The first kappa shape index (κ1) is 47.6. The number of ether oxygens (including phenoxy) is 3. The van der Waals surface area contributed by atoms with E-state index in [0.29, 0.717) is 22.9 Å². The van der Waals surface area contributed by atoms with Gasteiger partial charge >= 0.3 is 23.9 Å². The van der Waals surface area contributed by atoms with Crippen molar-refractivity contribution in [2.45, 2.75) is 24.5 Å². The molecule has 2 atom stereocenters. The zero-order valence-electron chi connectivity index (χ0n) is 37.0. The van der Waals surface area contributed by atoms with E-state index in [-0.39, 0.29) is 67.5 Å². The summed E-state index contributed by atoms with van der Waals surface area (Å²) in [4.78, 5) is 47.3. The molecule has 1 aliphatic rings. The Morgan fingerprint density at radius 3 is 1.62 bits per heavy atom. The number of carboxylic acids is 2. The molecule has 0 aliphatic heterocycles. The minimum Gasteiger partial charge on any atom is -0.491 e. The molecule has 0 bridgehead atoms. The van der Waals surface area contributed by atoms with Crippen LogP contribution in [0.4, 0.5) is 27.5 Å². The zero-order chi connectivity index (χ0) is 48.4. The van der Waals surface area contributed by atoms with Crippen molar-refractivity contribution >= 4 is 46.7 Å². The standard InChI is InChI=1S/C52H51N5O11/c1-31(2)50(64)66-20-19-54-51(65)57-39-24-33(49(62)63)23-38(26-39)56-28-41(59)30-68-43-17-13-35(14-18-43)52(46-9-5-3-7-44(46)45-8-4-6-10-47(45)52)34-11-15-42(16-12-34)67-29-40(58)27-55-37-22-32(48(60)61)21-36(53)25-37/h3-18,21-26,40-41,55-56,58-59H,1,19-20,27-30,53H2,2H3,(H,60,61)(H,62,63)(H2,54,57,65). The predicted octanol–water partition coefficient (Wildman–Crippen LogP) is 6.97. The van der Waals surface area contributed by atoms with Gasteiger partial charge in [0.1, 0.15) is 43.5 Å². The number of aliphatic hydroxyl groups excluding tert-OH is 2. The van der Waals surface area contributed by atoms with E-state index >= 15 is 0 Å². The smallest absolute Gasteiger partial charge is 0.335 e. The summed E-state index contributed by atoms with van der Waals surface area (Å²) in [6, 6.07) is 40.0. The number of nitrogens with one attached hydrogen (secondary N) is 4. The third-order valence-corrected chi connectivity index (χ3v) is 11.1. The number of hydrogen-bond acceptors (Lipinski definition) is 12. The van der Waals surface area contributed by atoms with Crippen LogP contribution in [0.15, 0.2) is 146 Å². The minimum atomic E-state index is -1.22. The Morgan fingerprint density at radius 1 is 0.647 bits per heavy atom. The van der Waals surface area contributed by atoms with Crippen LogP contribution in [0.2, 0.25) is 0 Å². The fourth-order valence-electron chi connectivity index (χ4n) is 8.01. The van der Waals surface area contributed by atoms with Crippen molar-refractivity contribution in [3.05, 3.63) is 179 Å². The first-order chi connectivity index (χ1) is 32.7. The summed E-state index contributed by atoms with van der Waals surface area (Å²) in [5, 5.41) is 51.8. The largest absolute Gasteiger partial charge is 0.491 e. The number of aliphatic hydroxyl groups is 2. The number of aromatic carboxylic acids is 2. The van der Waals surface area contributed by atoms with Crippen LogP contribution in [-0.4, -0.2) is 96.0 Å². The Morgan fingerprint density at radius 2 is 1.12 bits per heavy atom. The summed E-state index contributed by atoms with van der Waals surface area (Å²) in [6.45, 7) is 4.90. The molecule has 68 heavy (non-hydrogen) atoms. The number of esters is 1. The highest BCUT2D eigenvalue weighted by molar-refractivity contribution is 5.95. The number of nitrogens with two attached hydrogens (primary N) is 1. The number of carbonyl (C=O) groups is 4. The molecule has 350 valence electrons. The first-order valence-electron chi connectivity index (χ1n) is 21.6. The molecule has 7 rings (SSSR count). The Bertz CT molecular complexity index is 2770. The van der Waals surface area contributed by atoms with E-state index in [1.54, 1.807) is 6.07 Å². The highest BCUT2D eigenvalue weighted by atomic mass is 16.5. The molecule has 1 aliphatic carbocycles. The summed E-state index contributed by atoms with van der Waals surface area (Å²) in [5.74, 6) is -1.85. The van der Waals surface area contributed by atoms with Gasteiger partial charge in [0.2, 0.25) is 0 Å². The highest BCUT2D eigenvalue weighted by Gasteiger charge is 2.46. The molecule has 2 unspecified atom stereocenters. The van der Waals surface area contributed by atoms with Gasteiger partial charge < -0.3 is 61.6 Å². The van der Waals surface area contributed by atoms with Crippen LogP contribution in [-0.2, 0) is 14.9 Å². The molecule has 6 aromatic rings. The van der Waals surface area contributed by atoms with Crippen LogP contribution in [0, 0.1) is 0 Å². The lowest BCUT2D eigenvalue weighted by atomic mass is 9.68. The maximum atomic E-state index is 12.5. The Hall–Kier alpha value is -8.34. The third-order valence-electron chi connectivity index (χ3n) is 11.1. The quantitative estimate of drug-likeness (QED) is 0.0153. The van der Waals surface area contributed by atoms with Crippen LogP contribution in [0.1, 0.15) is 49.9 Å². The molecule has 0 fully saturated rings. The molecule has 10 N–H and O–H groups in total. The fourth-order valence-corrected chi connectivity index (χ4v) is 8.01. The number of anilines is 4. The van der Waals surface area contributed by atoms with Gasteiger partial charge in [-0.2, -0.15) is 0 Å². The summed E-state index contributed by atoms with van der Waals surface area (Å²) >= 11 is 0. The van der Waals surface area contributed by atoms with Crippen molar-refractivity contribution in [3.63, 3.8) is 0 Å². The predicted molar refractivity (Wildman–Crippen MR) is 258 cm³/mol. The average molecular weight is 922 g/mol. The van der Waals surface area contributed by atoms with E-state index in [4.69, 9.17) is 19.9 Å². The molecule has 0 spiro atoms. The number of hydrogen-bond donors (Lipinski definition) is 9. The van der Waals surface area contributed by atoms with Gasteiger partial charge in [0, 0.05) is 41.4 Å². The van der Waals surface area contributed by atoms with Crippen molar-refractivity contribution in [1.29, 1.82) is 0 Å². The van der Waals surface area contributed by atoms with Gasteiger partial charge in [0.15, 0.2) is 0 Å². The second kappa shape index (κ2) is 21.3. The molecular formula is C52H51N5O11. The van der Waals surface area contributed by atoms with Gasteiger partial charge in [0.25, 0.3) is 0 Å². The van der Waals surface area contributed by atoms with Gasteiger partial charge in [-0.1, -0.05) is 79.4 Å². The highest BCUT2D eigenvalue weighted by Crippen LogP contribution is 2.56. The average Bonchev–Trinajstić information content (AvgIpc) is 3.63. The first-order valence-corrected chi connectivity index (χ1v) is 21.6. The summed E-state index contributed by atoms with van der Waals surface area (Å²) in [5.41, 5.74) is 12.9. The van der Waals surface area contributed by atoms with Crippen LogP contribution >= 0.6 is 0 Å². The van der Waals surface area contributed by atoms with Crippen LogP contribution in [0.5, 0.6) is 11.5 Å². The van der Waals surface area contributed by atoms with Gasteiger partial charge in [0.05, 0.1) is 23.1 Å². The second-order valence-electron chi connectivity index (χ2n) is 16.1. The molecule has 0 saturated carbocycles. The van der Waals surface area contributed by atoms with Crippen LogP contribution in [0.3, 0.4) is 0 Å². The maximum Gasteiger partial charge on any atom is 0.335 e. The Balaban J connectivity index is 1.01. The molecule has 2 amide bonds. The number of rotatable bonds is 21. The van der Waals surface area contributed by atoms with E-state index in [9.17, 15) is 39.6 Å². The topological polar surface area (TPSA) is 251 Å². The van der Waals surface area contributed by atoms with Crippen molar-refractivity contribution in [1.82, 2.24) is 5.32 Å². The van der Waals surface area contributed by atoms with Crippen molar-refractivity contribution in [2.24, 2.45) is 0 Å². The number of carboxylic acid groups (broad SMARTS) is 2. The fraction of sp³-hybridized carbons (Fsp3) is 0.192. The Kier molecular flexibility index (Phi) is 14.9. The van der Waals surface area contributed by atoms with Gasteiger partial charge in [-0.05, 0) is 101 Å². The second-order valence-corrected chi connectivity index (χ2v) is 16.1. The van der Waals surface area contributed by atoms with E-state index < -0.39 is 41.6 Å². The van der Waals surface area contributed by atoms with E-state index in [2.05, 4.69) is 52.1 Å². The van der Waals surface area contributed by atoms with E-state index in [0.717, 1.165) is 33.4 Å². The molecular weight excluding hydrogens is 871 g/mol. The number of benzene rings is 6. The van der Waals surface area contributed by atoms with E-state index in [1.165, 1.54) is 37.3 Å². The zero-order valence-corrected chi connectivity index (χ0v) is 37.0. The lowest BCUT2D eigenvalue weighted by Crippen LogP contribution is -2.32. The number of nitrogen functional groups attached to an aromatic ring is 1. The SMILES string of the molecule is C=C(C)C(=O)OCCNC(=O)Nc1cc(NCC(O)COc2ccc(C3(c4ccc(OCC(O)CNc5cc(N)cc(C(=O)O)c5)cc4)c4ccccc4-c4ccccc43)cc2)cc(C(=O)O)c1. The molecule has 0 radical (unpaired) electrons. The lowest BCUT2D eigenvalue weighted by molar-refractivity contribution is -0.138. The van der Waals surface area contributed by atoms with Gasteiger partial charge in [-0.15, -0.1) is 0 Å². The third kappa shape index (κ3) is 11.2. The summed E-state index contributed by atoms with van der Waals surface area (Å²) < 4.78 is 17.0. The number of carbonyl (C=O) groups excluding carboxylic acids is 2. The van der Waals surface area contributed by atoms with Crippen molar-refractivity contribution in [3.8, 4) is 22.6 Å². The summed E-state index contributed by atoms with van der Waals surface area (Å²) in [6.07, 6.45) is -1.94. The van der Waals surface area contributed by atoms with Gasteiger partial charge in [-0.3, -0.25) is 0 Å². The number of amides is 2. The number of fused-ring (bicyclic) bond motifs is 3. The summed E-state index contributed by atoms with van der Waals surface area (Å²) in [7, 11) is 0. The minimum absolute atomic E-state index is 0.00821. The molecule has 16 heteroatoms. The molecule has 0 aromatic heterocycles. The number of urea groups is 1. The Labute approximate surface area is 392 Å². The monoisotopic (exact) mass is 921 g/mol. The normalized spacial score (nSPS) is 12.9. The lowest BCUT2D eigenvalue weighted by Gasteiger charge is -2.34. The van der Waals surface area contributed by atoms with Crippen LogP contribution in [0.25, 0.3) is 11.1 Å². The van der Waals surface area contributed by atoms with Gasteiger partial charge in [-0.25, -0.2) is 19.2 Å². The van der Waals surface area contributed by atoms with E-state index in [1.807, 2.05) is 72.8 Å². The van der Waals surface area contributed by atoms with Crippen molar-refractivity contribution < 1.29 is 53.8 Å². The maximum absolute atomic E-state index is 12.5. The van der Waals surface area contributed by atoms with Crippen LogP contribution < -0.4 is 36.5 Å². The molecule has 6 aromatic carbocycles.